The van der Waals surface area contributed by atoms with E-state index in [0.29, 0.717) is 88.0 Å². The average molecular weight is 814 g/mol. The molecule has 1 aromatic heterocycles. The van der Waals surface area contributed by atoms with E-state index < -0.39 is 41.7 Å². The van der Waals surface area contributed by atoms with Gasteiger partial charge in [-0.1, -0.05) is 36.7 Å². The highest BCUT2D eigenvalue weighted by Gasteiger charge is 2.45. The van der Waals surface area contributed by atoms with Crippen LogP contribution in [0.4, 0.5) is 11.5 Å². The third kappa shape index (κ3) is 8.68. The molecule has 0 radical (unpaired) electrons. The Balaban J connectivity index is 0.837. The monoisotopic (exact) mass is 813 g/mol. The third-order valence-electron chi connectivity index (χ3n) is 11.3. The Hall–Kier alpha value is -5.45. The summed E-state index contributed by atoms with van der Waals surface area (Å²) >= 11 is 6.17. The van der Waals surface area contributed by atoms with Gasteiger partial charge in [0.1, 0.15) is 18.2 Å². The Morgan fingerprint density at radius 2 is 1.72 bits per heavy atom. The summed E-state index contributed by atoms with van der Waals surface area (Å²) in [6.45, 7) is 5.98. The molecule has 4 atom stereocenters. The van der Waals surface area contributed by atoms with Crippen LogP contribution in [0.1, 0.15) is 101 Å². The number of imide groups is 2. The van der Waals surface area contributed by atoms with E-state index in [9.17, 15) is 33.9 Å². The highest BCUT2D eigenvalue weighted by atomic mass is 35.5. The Bertz CT molecular complexity index is 2070. The first-order valence-electron chi connectivity index (χ1n) is 19.9. The lowest BCUT2D eigenvalue weighted by molar-refractivity contribution is -0.136. The van der Waals surface area contributed by atoms with Crippen molar-refractivity contribution in [1.82, 2.24) is 35.7 Å². The number of aliphatic hydroxyl groups is 1. The number of rotatable bonds is 15. The largest absolute Gasteiger partial charge is 0.387 e. The van der Waals surface area contributed by atoms with Gasteiger partial charge in [-0.2, -0.15) is 0 Å². The summed E-state index contributed by atoms with van der Waals surface area (Å²) in [5, 5.41) is 22.7. The van der Waals surface area contributed by atoms with Crippen LogP contribution in [0, 0.1) is 0 Å². The predicted octanol–water partition coefficient (Wildman–Crippen LogP) is 2.49. The Morgan fingerprint density at radius 1 is 0.966 bits per heavy atom. The molecule has 16 nitrogen and oxygen atoms in total. The molecule has 306 valence electrons. The molecule has 5 N–H and O–H groups in total. The molecule has 4 heterocycles. The van der Waals surface area contributed by atoms with E-state index in [0.717, 1.165) is 21.8 Å². The van der Waals surface area contributed by atoms with Crippen LogP contribution in [-0.4, -0.2) is 119 Å². The number of carbonyl (C=O) groups excluding carboxylic acids is 6. The van der Waals surface area contributed by atoms with Crippen molar-refractivity contribution in [3.63, 3.8) is 0 Å². The van der Waals surface area contributed by atoms with Crippen LogP contribution in [0.25, 0.3) is 0 Å². The molecule has 3 aliphatic heterocycles. The summed E-state index contributed by atoms with van der Waals surface area (Å²) < 4.78 is 0. The van der Waals surface area contributed by atoms with Gasteiger partial charge in [0, 0.05) is 81.5 Å². The molecule has 58 heavy (non-hydrogen) atoms. The number of aliphatic hydroxyl groups excluding tert-OH is 1. The molecule has 0 spiro atoms. The van der Waals surface area contributed by atoms with E-state index in [1.54, 1.807) is 30.3 Å². The maximum atomic E-state index is 14.0. The van der Waals surface area contributed by atoms with E-state index in [1.807, 2.05) is 17.0 Å². The lowest BCUT2D eigenvalue weighted by atomic mass is 9.97. The highest BCUT2D eigenvalue weighted by molar-refractivity contribution is 6.30. The molecule has 4 aliphatic rings. The van der Waals surface area contributed by atoms with Crippen molar-refractivity contribution in [1.29, 1.82) is 0 Å². The first kappa shape index (κ1) is 40.7. The summed E-state index contributed by atoms with van der Waals surface area (Å²) in [7, 11) is 0. The van der Waals surface area contributed by atoms with Crippen LogP contribution in [0.3, 0.4) is 0 Å². The first-order valence-corrected chi connectivity index (χ1v) is 20.3. The number of amides is 6. The van der Waals surface area contributed by atoms with E-state index in [2.05, 4.69) is 43.1 Å². The molecule has 6 amide bonds. The van der Waals surface area contributed by atoms with Gasteiger partial charge >= 0.3 is 0 Å². The van der Waals surface area contributed by atoms with E-state index in [4.69, 9.17) is 11.6 Å². The number of carbonyl (C=O) groups is 6. The van der Waals surface area contributed by atoms with Crippen molar-refractivity contribution in [3.05, 3.63) is 81.8 Å². The second-order valence-electron chi connectivity index (χ2n) is 15.2. The van der Waals surface area contributed by atoms with E-state index in [1.165, 1.54) is 6.33 Å². The maximum Gasteiger partial charge on any atom is 0.264 e. The number of nitrogens with one attached hydrogen (secondary N) is 4. The van der Waals surface area contributed by atoms with Crippen molar-refractivity contribution in [2.24, 2.45) is 0 Å². The summed E-state index contributed by atoms with van der Waals surface area (Å²) in [5.41, 5.74) is 3.43. The fourth-order valence-corrected chi connectivity index (χ4v) is 8.38. The molecule has 0 saturated carbocycles. The number of hydrogen-bond donors (Lipinski definition) is 5. The Morgan fingerprint density at radius 3 is 2.48 bits per heavy atom. The number of hydrogen-bond acceptors (Lipinski definition) is 12. The van der Waals surface area contributed by atoms with Crippen LogP contribution in [0.2, 0.25) is 5.02 Å². The van der Waals surface area contributed by atoms with Gasteiger partial charge in [-0.15, -0.1) is 0 Å². The molecule has 2 aromatic carbocycles. The quantitative estimate of drug-likeness (QED) is 0.111. The summed E-state index contributed by atoms with van der Waals surface area (Å²) in [5.74, 6) is -1.83. The van der Waals surface area contributed by atoms with Crippen LogP contribution in [0.5, 0.6) is 0 Å². The first-order chi connectivity index (χ1) is 28.0. The van der Waals surface area contributed by atoms with Gasteiger partial charge in [-0.3, -0.25) is 39.0 Å². The third-order valence-corrected chi connectivity index (χ3v) is 11.6. The minimum absolute atomic E-state index is 0.00713. The number of nitrogens with zero attached hydrogens (tertiary/aromatic N) is 5. The molecular formula is C41H48ClN9O7. The van der Waals surface area contributed by atoms with E-state index in [-0.39, 0.29) is 48.1 Å². The van der Waals surface area contributed by atoms with Crippen molar-refractivity contribution >= 4 is 58.5 Å². The second-order valence-corrected chi connectivity index (χ2v) is 15.6. The van der Waals surface area contributed by atoms with Crippen LogP contribution < -0.4 is 26.2 Å². The zero-order chi connectivity index (χ0) is 40.9. The summed E-state index contributed by atoms with van der Waals surface area (Å²) in [4.78, 5) is 90.9. The van der Waals surface area contributed by atoms with Gasteiger partial charge in [-0.25, -0.2) is 9.97 Å². The second kappa shape index (κ2) is 18.0. The molecule has 1 aliphatic carbocycles. The van der Waals surface area contributed by atoms with Crippen LogP contribution in [0.15, 0.2) is 48.8 Å². The molecule has 7 rings (SSSR count). The zero-order valence-corrected chi connectivity index (χ0v) is 33.1. The van der Waals surface area contributed by atoms with Gasteiger partial charge in [-0.05, 0) is 61.4 Å². The maximum absolute atomic E-state index is 14.0. The number of benzene rings is 2. The molecule has 2 fully saturated rings. The standard InChI is InChI=1S/C41H48ClN9O7/c1-24-21-31(52)36-34(24)37(47-23-46-36)49-17-19-50(20-18-49)39(56)28(25-7-9-26(42)10-8-25)22-43-16-13-32(53)45-15-3-2-14-44-29-6-4-5-27-35(29)41(58)51(40(27)57)30-11-12-33(54)48-38(30)55/h4-10,23-24,28,30-31,43-44,52H,2-3,11-22H2,1H3,(H,45,53)(H,48,54,55)/t24-,28?,30?,31-/m1/s1. The van der Waals surface area contributed by atoms with Crippen molar-refractivity contribution in [3.8, 4) is 0 Å². The fraction of sp³-hybridized carbons (Fsp3) is 0.463. The van der Waals surface area contributed by atoms with Crippen molar-refractivity contribution < 1.29 is 33.9 Å². The SMILES string of the molecule is C[C@@H]1C[C@@H](O)c2ncnc(N3CCN(C(=O)C(CNCCC(=O)NCCCCNc4cccc5c4C(=O)N(C4CCC(=O)NC4=O)C5=O)c4ccc(Cl)cc4)CC3)c21. The van der Waals surface area contributed by atoms with Crippen molar-refractivity contribution in [2.75, 3.05) is 62.6 Å². The molecule has 0 bridgehead atoms. The van der Waals surface area contributed by atoms with Gasteiger partial charge in [0.15, 0.2) is 0 Å². The number of anilines is 2. The van der Waals surface area contributed by atoms with Crippen LogP contribution >= 0.6 is 11.6 Å². The predicted molar refractivity (Wildman–Crippen MR) is 214 cm³/mol. The minimum atomic E-state index is -1.03. The summed E-state index contributed by atoms with van der Waals surface area (Å²) in [6, 6.07) is 11.2. The Labute approximate surface area is 341 Å². The van der Waals surface area contributed by atoms with Gasteiger partial charge in [0.2, 0.25) is 23.6 Å². The fourth-order valence-electron chi connectivity index (χ4n) is 8.26. The smallest absolute Gasteiger partial charge is 0.264 e. The van der Waals surface area contributed by atoms with E-state index >= 15 is 0 Å². The lowest BCUT2D eigenvalue weighted by Crippen LogP contribution is -2.54. The summed E-state index contributed by atoms with van der Waals surface area (Å²) in [6.07, 6.45) is 3.24. The number of fused-ring (bicyclic) bond motifs is 2. The molecule has 2 saturated heterocycles. The number of aromatic nitrogens is 2. The number of piperidine rings is 1. The molecule has 17 heteroatoms. The van der Waals surface area contributed by atoms with Crippen LogP contribution in [-0.2, 0) is 19.2 Å². The molecule has 2 unspecified atom stereocenters. The van der Waals surface area contributed by atoms with Gasteiger partial charge in [0.05, 0.1) is 28.8 Å². The van der Waals surface area contributed by atoms with Gasteiger partial charge < -0.3 is 30.9 Å². The van der Waals surface area contributed by atoms with Crippen molar-refractivity contribution in [2.45, 2.75) is 69.4 Å². The Kier molecular flexibility index (Phi) is 12.6. The minimum Gasteiger partial charge on any atom is -0.387 e. The van der Waals surface area contributed by atoms with Gasteiger partial charge in [0.25, 0.3) is 11.8 Å². The molecular weight excluding hydrogens is 766 g/mol. The topological polar surface area (TPSA) is 206 Å². The number of unbranched alkanes of at least 4 members (excludes halogenated alkanes) is 1. The lowest BCUT2D eigenvalue weighted by Gasteiger charge is -2.38. The number of halogens is 1. The highest BCUT2D eigenvalue weighted by Crippen LogP contribution is 2.43. The normalized spacial score (nSPS) is 20.8. The molecule has 3 aromatic rings. The average Bonchev–Trinajstić information content (AvgIpc) is 3.66. The zero-order valence-electron chi connectivity index (χ0n) is 32.3. The number of piperazine rings is 1.